The van der Waals surface area contributed by atoms with Gasteiger partial charge in [-0.15, -0.1) is 0 Å². The second-order valence-corrected chi connectivity index (χ2v) is 8.75. The summed E-state index contributed by atoms with van der Waals surface area (Å²) in [6.07, 6.45) is 3.94. The minimum Gasteiger partial charge on any atom is -0.465 e. The summed E-state index contributed by atoms with van der Waals surface area (Å²) in [6, 6.07) is 5.36. The lowest BCUT2D eigenvalue weighted by molar-refractivity contribution is 0.0336. The fourth-order valence-corrected chi connectivity index (χ4v) is 3.87. The molecule has 1 unspecified atom stereocenters. The van der Waals surface area contributed by atoms with Crippen LogP contribution in [0.1, 0.15) is 56.5 Å². The molecule has 6 heteroatoms. The smallest absolute Gasteiger partial charge is 0.414 e. The number of allylic oxidation sites excluding steroid dienone is 1. The first-order valence-corrected chi connectivity index (χ1v) is 9.74. The lowest BCUT2D eigenvalue weighted by Crippen LogP contribution is -2.39. The number of nitrogens with zero attached hydrogens (tertiary/aromatic N) is 1. The molecule has 3 rings (SSSR count). The van der Waals surface area contributed by atoms with Gasteiger partial charge in [0.15, 0.2) is 0 Å². The van der Waals surface area contributed by atoms with E-state index in [2.05, 4.69) is 18.3 Å². The first-order chi connectivity index (χ1) is 13.1. The highest BCUT2D eigenvalue weighted by molar-refractivity contribution is 5.93. The van der Waals surface area contributed by atoms with Crippen molar-refractivity contribution in [3.8, 4) is 0 Å². The van der Waals surface area contributed by atoms with Gasteiger partial charge in [-0.05, 0) is 63.1 Å². The van der Waals surface area contributed by atoms with E-state index in [1.165, 1.54) is 7.11 Å². The number of amides is 1. The Morgan fingerprint density at radius 2 is 1.96 bits per heavy atom. The molecule has 1 aromatic rings. The summed E-state index contributed by atoms with van der Waals surface area (Å²) in [5.41, 5.74) is 2.54. The summed E-state index contributed by atoms with van der Waals surface area (Å²) >= 11 is 0. The summed E-state index contributed by atoms with van der Waals surface area (Å²) in [5.74, 6) is 0.215. The van der Waals surface area contributed by atoms with Crippen molar-refractivity contribution < 1.29 is 19.1 Å². The van der Waals surface area contributed by atoms with E-state index in [0.717, 1.165) is 29.8 Å². The third kappa shape index (κ3) is 3.86. The maximum Gasteiger partial charge on any atom is 0.414 e. The second-order valence-electron chi connectivity index (χ2n) is 8.75. The minimum atomic E-state index is -0.565. The number of esters is 1. The molecule has 1 aliphatic heterocycles. The molecule has 0 saturated heterocycles. The molecule has 152 valence electrons. The summed E-state index contributed by atoms with van der Waals surface area (Å²) in [7, 11) is 3.16. The molecule has 0 radical (unpaired) electrons. The van der Waals surface area contributed by atoms with Gasteiger partial charge in [0.1, 0.15) is 5.60 Å². The highest BCUT2D eigenvalue weighted by atomic mass is 16.6. The number of methoxy groups -OCH3 is 1. The first-order valence-electron chi connectivity index (χ1n) is 9.74. The maximum atomic E-state index is 12.9. The molecule has 0 bridgehead atoms. The Morgan fingerprint density at radius 1 is 1.29 bits per heavy atom. The first kappa shape index (κ1) is 20.2. The average molecular weight is 386 g/mol. The Hall–Kier alpha value is -2.50. The summed E-state index contributed by atoms with van der Waals surface area (Å²) in [5, 5.41) is 3.15. The molecule has 2 aliphatic rings. The van der Waals surface area contributed by atoms with Crippen LogP contribution in [0.3, 0.4) is 0 Å². The molecule has 2 atom stereocenters. The highest BCUT2D eigenvalue weighted by Crippen LogP contribution is 2.59. The van der Waals surface area contributed by atoms with Crippen molar-refractivity contribution in [2.45, 2.75) is 46.1 Å². The molecule has 28 heavy (non-hydrogen) atoms. The molecule has 1 saturated carbocycles. The zero-order valence-corrected chi connectivity index (χ0v) is 17.6. The Labute approximate surface area is 166 Å². The van der Waals surface area contributed by atoms with Crippen LogP contribution in [-0.4, -0.2) is 43.3 Å². The highest BCUT2D eigenvalue weighted by Gasteiger charge is 2.52. The van der Waals surface area contributed by atoms with E-state index in [0.29, 0.717) is 18.0 Å². The minimum absolute atomic E-state index is 0.153. The molecule has 0 aromatic heterocycles. The lowest BCUT2D eigenvalue weighted by Gasteiger charge is -2.35. The molecule has 6 nitrogen and oxygen atoms in total. The molecule has 1 heterocycles. The predicted octanol–water partition coefficient (Wildman–Crippen LogP) is 4.52. The van der Waals surface area contributed by atoms with Crippen molar-refractivity contribution in [2.75, 3.05) is 26.0 Å². The Morgan fingerprint density at radius 3 is 2.50 bits per heavy atom. The Bertz CT molecular complexity index is 824. The van der Waals surface area contributed by atoms with Crippen molar-refractivity contribution >= 4 is 23.4 Å². The lowest BCUT2D eigenvalue weighted by atomic mass is 9.90. The Kier molecular flexibility index (Phi) is 5.17. The number of anilines is 1. The van der Waals surface area contributed by atoms with Gasteiger partial charge in [-0.1, -0.05) is 13.0 Å². The summed E-state index contributed by atoms with van der Waals surface area (Å²) in [6.45, 7) is 8.47. The third-order valence-electron chi connectivity index (χ3n) is 5.62. The number of hydrogen-bond donors (Lipinski definition) is 1. The number of nitrogens with one attached hydrogen (secondary N) is 1. The molecular formula is C22H30N2O4. The van der Waals surface area contributed by atoms with Gasteiger partial charge in [0.05, 0.1) is 18.4 Å². The average Bonchev–Trinajstić information content (AvgIpc) is 3.26. The summed E-state index contributed by atoms with van der Waals surface area (Å²) in [4.78, 5) is 26.5. The zero-order valence-electron chi connectivity index (χ0n) is 17.6. The maximum absolute atomic E-state index is 12.9. The van der Waals surface area contributed by atoms with Gasteiger partial charge in [-0.3, -0.25) is 4.90 Å². The van der Waals surface area contributed by atoms with E-state index < -0.39 is 11.6 Å². The van der Waals surface area contributed by atoms with Crippen LogP contribution in [0.25, 0.3) is 5.70 Å². The number of hydrogen-bond acceptors (Lipinski definition) is 5. The molecule has 1 N–H and O–H groups in total. The van der Waals surface area contributed by atoms with E-state index >= 15 is 0 Å². The van der Waals surface area contributed by atoms with Gasteiger partial charge in [0, 0.05) is 24.8 Å². The fraction of sp³-hybridized carbons (Fsp3) is 0.545. The normalized spacial score (nSPS) is 23.9. The van der Waals surface area contributed by atoms with E-state index in [9.17, 15) is 9.59 Å². The number of benzene rings is 1. The molecule has 1 fully saturated rings. The number of rotatable bonds is 3. The van der Waals surface area contributed by atoms with Gasteiger partial charge < -0.3 is 14.8 Å². The van der Waals surface area contributed by atoms with Gasteiger partial charge >= 0.3 is 12.1 Å². The van der Waals surface area contributed by atoms with E-state index in [-0.39, 0.29) is 11.5 Å². The fourth-order valence-electron chi connectivity index (χ4n) is 3.87. The van der Waals surface area contributed by atoms with Crippen LogP contribution >= 0.6 is 0 Å². The van der Waals surface area contributed by atoms with Crippen LogP contribution < -0.4 is 5.32 Å². The zero-order chi connectivity index (χ0) is 20.7. The van der Waals surface area contributed by atoms with Gasteiger partial charge in [-0.25, -0.2) is 9.59 Å². The largest absolute Gasteiger partial charge is 0.465 e. The number of carbonyl (C=O) groups excluding carboxylic acids is 2. The monoisotopic (exact) mass is 386 g/mol. The van der Waals surface area contributed by atoms with Gasteiger partial charge in [0.25, 0.3) is 0 Å². The van der Waals surface area contributed by atoms with Gasteiger partial charge in [-0.2, -0.15) is 0 Å². The number of carbonyl (C=O) groups is 2. The predicted molar refractivity (Wildman–Crippen MR) is 109 cm³/mol. The number of ether oxygens (including phenoxy) is 2. The molecule has 1 spiro atoms. The Balaban J connectivity index is 2.03. The topological polar surface area (TPSA) is 67.9 Å². The van der Waals surface area contributed by atoms with Gasteiger partial charge in [0.2, 0.25) is 0 Å². The van der Waals surface area contributed by atoms with Crippen LogP contribution in [0.4, 0.5) is 10.5 Å². The van der Waals surface area contributed by atoms with Crippen LogP contribution in [0.2, 0.25) is 0 Å². The molecule has 1 aliphatic carbocycles. The van der Waals surface area contributed by atoms with Crippen LogP contribution in [0.5, 0.6) is 0 Å². The van der Waals surface area contributed by atoms with Crippen molar-refractivity contribution in [2.24, 2.45) is 11.3 Å². The second kappa shape index (κ2) is 7.15. The van der Waals surface area contributed by atoms with Crippen LogP contribution in [0, 0.1) is 11.3 Å². The van der Waals surface area contributed by atoms with Crippen LogP contribution in [-0.2, 0) is 9.47 Å². The summed E-state index contributed by atoms with van der Waals surface area (Å²) < 4.78 is 10.5. The van der Waals surface area contributed by atoms with E-state index in [1.807, 2.05) is 26.8 Å². The van der Waals surface area contributed by atoms with E-state index in [4.69, 9.17) is 9.47 Å². The van der Waals surface area contributed by atoms with Crippen molar-refractivity contribution in [3.63, 3.8) is 0 Å². The van der Waals surface area contributed by atoms with Crippen molar-refractivity contribution in [1.29, 1.82) is 0 Å². The SMILES string of the molecule is CNc1cc(C(=O)OC)ccc1C1=CC2(CCN1C(=O)OC(C)(C)C)C[C@H]2C. The van der Waals surface area contributed by atoms with Crippen molar-refractivity contribution in [1.82, 2.24) is 4.90 Å². The molecule has 1 aromatic carbocycles. The molecular weight excluding hydrogens is 356 g/mol. The van der Waals surface area contributed by atoms with Crippen molar-refractivity contribution in [3.05, 3.63) is 35.4 Å². The quantitative estimate of drug-likeness (QED) is 0.774. The third-order valence-corrected chi connectivity index (χ3v) is 5.62. The van der Waals surface area contributed by atoms with Crippen LogP contribution in [0.15, 0.2) is 24.3 Å². The standard InChI is InChI=1S/C22H30N2O4/c1-14-12-22(14)9-10-24(20(26)28-21(2,3)4)18(13-22)16-8-7-15(19(25)27-6)11-17(16)23-5/h7-8,11,13-14,23H,9-10,12H2,1-6H3/t14-,22?/m1/s1. The van der Waals surface area contributed by atoms with E-state index in [1.54, 1.807) is 24.1 Å². The molecule has 1 amide bonds.